The van der Waals surface area contributed by atoms with E-state index in [0.29, 0.717) is 0 Å². The molecule has 0 unspecified atom stereocenters. The van der Waals surface area contributed by atoms with Gasteiger partial charge in [0.25, 0.3) is 0 Å². The van der Waals surface area contributed by atoms with Gasteiger partial charge in [0.1, 0.15) is 10.0 Å². The molecule has 2 heterocycles. The summed E-state index contributed by atoms with van der Waals surface area (Å²) in [4.78, 5) is 0. The summed E-state index contributed by atoms with van der Waals surface area (Å²) < 4.78 is 1.96. The molecule has 0 saturated heterocycles. The minimum absolute atomic E-state index is 0.754. The Bertz CT molecular complexity index is 517. The smallest absolute Gasteiger partial charge is 0.143 e. The molecule has 18 heavy (non-hydrogen) atoms. The second kappa shape index (κ2) is 7.09. The van der Waals surface area contributed by atoms with Gasteiger partial charge in [0.05, 0.1) is 11.5 Å². The average molecular weight is 314 g/mol. The van der Waals surface area contributed by atoms with E-state index in [-0.39, 0.29) is 0 Å². The quantitative estimate of drug-likeness (QED) is 0.639. The van der Waals surface area contributed by atoms with Crippen LogP contribution >= 0.6 is 46.2 Å². The molecule has 2 aromatic heterocycles. The summed E-state index contributed by atoms with van der Waals surface area (Å²) in [5.74, 6) is 7.72. The Morgan fingerprint density at radius 2 is 1.28 bits per heavy atom. The molecule has 0 bridgehead atoms. The number of hydrogen-bond donors (Lipinski definition) is 0. The van der Waals surface area contributed by atoms with Gasteiger partial charge in [-0.25, -0.2) is 0 Å². The van der Waals surface area contributed by atoms with Crippen LogP contribution in [0.4, 0.5) is 0 Å². The van der Waals surface area contributed by atoms with Crippen LogP contribution in [-0.2, 0) is 0 Å². The third-order valence-corrected chi connectivity index (χ3v) is 5.38. The highest BCUT2D eigenvalue weighted by molar-refractivity contribution is 8.01. The molecular formula is C10H10N4S4. The third-order valence-electron chi connectivity index (χ3n) is 1.68. The highest BCUT2D eigenvalue weighted by Gasteiger charge is 1.99. The van der Waals surface area contributed by atoms with E-state index in [0.717, 1.165) is 30.2 Å². The zero-order valence-corrected chi connectivity index (χ0v) is 13.1. The van der Waals surface area contributed by atoms with Gasteiger partial charge in [-0.3, -0.25) is 0 Å². The van der Waals surface area contributed by atoms with Gasteiger partial charge in [-0.2, -0.15) is 0 Å². The van der Waals surface area contributed by atoms with Crippen LogP contribution in [0, 0.1) is 25.7 Å². The Hall–Kier alpha value is -0.620. The number of aryl methyl sites for hydroxylation is 2. The minimum atomic E-state index is 0.754. The molecule has 0 amide bonds. The summed E-state index contributed by atoms with van der Waals surface area (Å²) in [5, 5.41) is 17.9. The number of hydrogen-bond acceptors (Lipinski definition) is 8. The Kier molecular flexibility index (Phi) is 5.44. The van der Waals surface area contributed by atoms with Gasteiger partial charge in [0, 0.05) is 0 Å². The van der Waals surface area contributed by atoms with E-state index >= 15 is 0 Å². The van der Waals surface area contributed by atoms with Gasteiger partial charge in [-0.05, 0) is 13.8 Å². The highest BCUT2D eigenvalue weighted by atomic mass is 32.2. The van der Waals surface area contributed by atoms with Crippen molar-refractivity contribution in [1.82, 2.24) is 20.4 Å². The molecule has 0 fully saturated rings. The van der Waals surface area contributed by atoms with Crippen molar-refractivity contribution in [3.05, 3.63) is 10.0 Å². The van der Waals surface area contributed by atoms with Gasteiger partial charge >= 0.3 is 0 Å². The summed E-state index contributed by atoms with van der Waals surface area (Å²) in [6.45, 7) is 3.90. The summed E-state index contributed by atoms with van der Waals surface area (Å²) in [5.41, 5.74) is 0. The first-order chi connectivity index (χ1) is 8.74. The Morgan fingerprint density at radius 3 is 1.61 bits per heavy atom. The van der Waals surface area contributed by atoms with E-state index in [4.69, 9.17) is 0 Å². The van der Waals surface area contributed by atoms with E-state index < -0.39 is 0 Å². The van der Waals surface area contributed by atoms with Crippen molar-refractivity contribution >= 4 is 46.2 Å². The molecule has 94 valence electrons. The van der Waals surface area contributed by atoms with Crippen molar-refractivity contribution in [2.45, 2.75) is 22.5 Å². The molecule has 0 radical (unpaired) electrons. The van der Waals surface area contributed by atoms with Crippen LogP contribution in [0.15, 0.2) is 8.68 Å². The fraction of sp³-hybridized carbons (Fsp3) is 0.400. The predicted octanol–water partition coefficient (Wildman–Crippen LogP) is 2.89. The molecular weight excluding hydrogens is 304 g/mol. The van der Waals surface area contributed by atoms with E-state index in [9.17, 15) is 0 Å². The molecule has 0 aromatic carbocycles. The van der Waals surface area contributed by atoms with Crippen LogP contribution in [0.25, 0.3) is 0 Å². The predicted molar refractivity (Wildman–Crippen MR) is 78.5 cm³/mol. The lowest BCUT2D eigenvalue weighted by molar-refractivity contribution is 0.984. The number of rotatable bonds is 4. The fourth-order valence-electron chi connectivity index (χ4n) is 0.971. The maximum absolute atomic E-state index is 4.03. The normalized spacial score (nSPS) is 10.1. The molecule has 0 aliphatic carbocycles. The van der Waals surface area contributed by atoms with E-state index in [2.05, 4.69) is 32.2 Å². The number of aromatic nitrogens is 4. The molecule has 0 aliphatic rings. The molecule has 0 saturated carbocycles. The number of nitrogens with zero attached hydrogens (tertiary/aromatic N) is 4. The SMILES string of the molecule is Cc1nnc(SCC#CCSc2nnc(C)s2)s1. The standard InChI is InChI=1S/C10H10N4S4/c1-7-11-13-9(17-7)15-5-3-4-6-16-10-14-12-8(2)18-10/h5-6H2,1-2H3. The maximum atomic E-state index is 4.03. The second-order valence-corrected chi connectivity index (χ2v) is 7.91. The molecule has 4 nitrogen and oxygen atoms in total. The summed E-state index contributed by atoms with van der Waals surface area (Å²) in [6, 6.07) is 0. The van der Waals surface area contributed by atoms with Crippen molar-refractivity contribution in [3.63, 3.8) is 0 Å². The Morgan fingerprint density at radius 1 is 0.833 bits per heavy atom. The van der Waals surface area contributed by atoms with Crippen LogP contribution < -0.4 is 0 Å². The lowest BCUT2D eigenvalue weighted by atomic mass is 10.7. The van der Waals surface area contributed by atoms with Crippen LogP contribution in [0.2, 0.25) is 0 Å². The molecule has 0 atom stereocenters. The van der Waals surface area contributed by atoms with Gasteiger partial charge in [-0.15, -0.1) is 20.4 Å². The monoisotopic (exact) mass is 314 g/mol. The van der Waals surface area contributed by atoms with Crippen molar-refractivity contribution < 1.29 is 0 Å². The zero-order chi connectivity index (χ0) is 12.8. The molecule has 2 aromatic rings. The first kappa shape index (κ1) is 13.8. The lowest BCUT2D eigenvalue weighted by Crippen LogP contribution is -1.77. The van der Waals surface area contributed by atoms with Crippen molar-refractivity contribution in [2.24, 2.45) is 0 Å². The molecule has 2 rings (SSSR count). The lowest BCUT2D eigenvalue weighted by Gasteiger charge is -1.87. The van der Waals surface area contributed by atoms with Crippen molar-refractivity contribution in [2.75, 3.05) is 11.5 Å². The van der Waals surface area contributed by atoms with Gasteiger partial charge in [0.2, 0.25) is 0 Å². The van der Waals surface area contributed by atoms with Crippen LogP contribution in [-0.4, -0.2) is 31.9 Å². The molecule has 8 heteroatoms. The van der Waals surface area contributed by atoms with E-state index in [1.165, 1.54) is 0 Å². The zero-order valence-electron chi connectivity index (χ0n) is 9.84. The average Bonchev–Trinajstić information content (AvgIpc) is 2.93. The second-order valence-electron chi connectivity index (χ2n) is 3.10. The van der Waals surface area contributed by atoms with Crippen LogP contribution in [0.3, 0.4) is 0 Å². The molecule has 0 aliphatic heterocycles. The van der Waals surface area contributed by atoms with Gasteiger partial charge < -0.3 is 0 Å². The Labute approximate surface area is 122 Å². The first-order valence-corrected chi connectivity index (χ1v) is 8.66. The van der Waals surface area contributed by atoms with Gasteiger partial charge in [-0.1, -0.05) is 58.0 Å². The van der Waals surface area contributed by atoms with Crippen LogP contribution in [0.1, 0.15) is 10.0 Å². The summed E-state index contributed by atoms with van der Waals surface area (Å²) in [6.07, 6.45) is 0. The molecule has 0 spiro atoms. The fourth-order valence-corrected chi connectivity index (χ4v) is 4.14. The van der Waals surface area contributed by atoms with Crippen molar-refractivity contribution in [3.8, 4) is 11.8 Å². The Balaban J connectivity index is 1.67. The molecule has 0 N–H and O–H groups in total. The summed E-state index contributed by atoms with van der Waals surface area (Å²) >= 11 is 6.46. The summed E-state index contributed by atoms with van der Waals surface area (Å²) in [7, 11) is 0. The topological polar surface area (TPSA) is 51.6 Å². The number of thioether (sulfide) groups is 2. The highest BCUT2D eigenvalue weighted by Crippen LogP contribution is 2.22. The largest absolute Gasteiger partial charge is 0.175 e. The van der Waals surface area contributed by atoms with E-state index in [1.807, 2.05) is 13.8 Å². The third kappa shape index (κ3) is 4.57. The maximum Gasteiger partial charge on any atom is 0.175 e. The van der Waals surface area contributed by atoms with E-state index in [1.54, 1.807) is 46.2 Å². The van der Waals surface area contributed by atoms with Crippen molar-refractivity contribution in [1.29, 1.82) is 0 Å². The first-order valence-electron chi connectivity index (χ1n) is 5.05. The minimum Gasteiger partial charge on any atom is -0.143 e. The van der Waals surface area contributed by atoms with Crippen LogP contribution in [0.5, 0.6) is 0 Å². The van der Waals surface area contributed by atoms with Gasteiger partial charge in [0.15, 0.2) is 8.68 Å².